The van der Waals surface area contributed by atoms with E-state index in [2.05, 4.69) is 5.10 Å². The standard InChI is InChI=1S/C14H18N2O2/c1-10(2)18-14-8-11(3)16(15-14)12-6-5-7-13(9-12)17-4/h5-10H,1-4H3. The minimum atomic E-state index is 0.123. The van der Waals surface area contributed by atoms with Crippen molar-refractivity contribution in [1.29, 1.82) is 0 Å². The van der Waals surface area contributed by atoms with Gasteiger partial charge in [-0.1, -0.05) is 6.07 Å². The minimum absolute atomic E-state index is 0.123. The van der Waals surface area contributed by atoms with Crippen molar-refractivity contribution in [1.82, 2.24) is 9.78 Å². The van der Waals surface area contributed by atoms with Gasteiger partial charge in [-0.25, -0.2) is 4.68 Å². The van der Waals surface area contributed by atoms with Crippen LogP contribution in [0.25, 0.3) is 5.69 Å². The molecule has 1 aromatic heterocycles. The zero-order chi connectivity index (χ0) is 13.1. The number of aromatic nitrogens is 2. The Bertz CT molecular complexity index is 532. The highest BCUT2D eigenvalue weighted by atomic mass is 16.5. The van der Waals surface area contributed by atoms with Crippen molar-refractivity contribution in [3.05, 3.63) is 36.0 Å². The first kappa shape index (κ1) is 12.5. The monoisotopic (exact) mass is 246 g/mol. The predicted octanol–water partition coefficient (Wildman–Crippen LogP) is 2.98. The molecule has 4 heteroatoms. The molecule has 96 valence electrons. The summed E-state index contributed by atoms with van der Waals surface area (Å²) in [5.74, 6) is 1.46. The summed E-state index contributed by atoms with van der Waals surface area (Å²) in [5.41, 5.74) is 1.99. The molecule has 0 bridgehead atoms. The Kier molecular flexibility index (Phi) is 3.55. The van der Waals surface area contributed by atoms with Gasteiger partial charge >= 0.3 is 0 Å². The van der Waals surface area contributed by atoms with Crippen LogP contribution in [0.4, 0.5) is 0 Å². The third kappa shape index (κ3) is 2.64. The summed E-state index contributed by atoms with van der Waals surface area (Å²) in [6.07, 6.45) is 0.123. The van der Waals surface area contributed by atoms with Crippen LogP contribution >= 0.6 is 0 Å². The van der Waals surface area contributed by atoms with Crippen LogP contribution in [0.2, 0.25) is 0 Å². The van der Waals surface area contributed by atoms with E-state index in [9.17, 15) is 0 Å². The lowest BCUT2D eigenvalue weighted by Gasteiger charge is -2.07. The lowest BCUT2D eigenvalue weighted by molar-refractivity contribution is 0.231. The summed E-state index contributed by atoms with van der Waals surface area (Å²) in [4.78, 5) is 0. The molecular formula is C14H18N2O2. The van der Waals surface area contributed by atoms with Crippen LogP contribution in [0.5, 0.6) is 11.6 Å². The first-order valence-corrected chi connectivity index (χ1v) is 5.98. The summed E-state index contributed by atoms with van der Waals surface area (Å²) in [7, 11) is 1.66. The fraction of sp³-hybridized carbons (Fsp3) is 0.357. The van der Waals surface area contributed by atoms with E-state index in [1.807, 2.05) is 55.8 Å². The van der Waals surface area contributed by atoms with Crippen molar-refractivity contribution in [2.45, 2.75) is 26.9 Å². The van der Waals surface area contributed by atoms with E-state index in [1.54, 1.807) is 7.11 Å². The highest BCUT2D eigenvalue weighted by Gasteiger charge is 2.08. The molecule has 0 spiro atoms. The quantitative estimate of drug-likeness (QED) is 0.832. The summed E-state index contributed by atoms with van der Waals surface area (Å²) < 4.78 is 12.7. The van der Waals surface area contributed by atoms with Crippen molar-refractivity contribution in [3.8, 4) is 17.3 Å². The smallest absolute Gasteiger partial charge is 0.233 e. The molecule has 0 saturated heterocycles. The van der Waals surface area contributed by atoms with Crippen molar-refractivity contribution in [3.63, 3.8) is 0 Å². The highest BCUT2D eigenvalue weighted by molar-refractivity contribution is 5.40. The molecule has 18 heavy (non-hydrogen) atoms. The van der Waals surface area contributed by atoms with Crippen molar-refractivity contribution >= 4 is 0 Å². The van der Waals surface area contributed by atoms with E-state index < -0.39 is 0 Å². The van der Waals surface area contributed by atoms with Crippen LogP contribution in [0, 0.1) is 6.92 Å². The van der Waals surface area contributed by atoms with Gasteiger partial charge in [0.2, 0.25) is 5.88 Å². The molecule has 4 nitrogen and oxygen atoms in total. The average molecular weight is 246 g/mol. The molecule has 0 aliphatic heterocycles. The predicted molar refractivity (Wildman–Crippen MR) is 70.6 cm³/mol. The van der Waals surface area contributed by atoms with Crippen molar-refractivity contribution in [2.75, 3.05) is 7.11 Å². The van der Waals surface area contributed by atoms with E-state index in [0.29, 0.717) is 5.88 Å². The van der Waals surface area contributed by atoms with Gasteiger partial charge in [0, 0.05) is 17.8 Å². The molecular weight excluding hydrogens is 228 g/mol. The molecule has 1 heterocycles. The van der Waals surface area contributed by atoms with E-state index in [-0.39, 0.29) is 6.10 Å². The molecule has 0 saturated carbocycles. The molecule has 2 rings (SSSR count). The van der Waals surface area contributed by atoms with Gasteiger partial charge in [-0.15, -0.1) is 5.10 Å². The topological polar surface area (TPSA) is 36.3 Å². The zero-order valence-corrected chi connectivity index (χ0v) is 11.2. The average Bonchev–Trinajstić information content (AvgIpc) is 2.69. The fourth-order valence-corrected chi connectivity index (χ4v) is 1.75. The number of methoxy groups -OCH3 is 1. The Morgan fingerprint density at radius 1 is 1.22 bits per heavy atom. The second kappa shape index (κ2) is 5.12. The van der Waals surface area contributed by atoms with Crippen molar-refractivity contribution in [2.24, 2.45) is 0 Å². The lowest BCUT2D eigenvalue weighted by Crippen LogP contribution is -2.06. The first-order valence-electron chi connectivity index (χ1n) is 5.98. The van der Waals surface area contributed by atoms with E-state index in [1.165, 1.54) is 0 Å². The number of nitrogens with zero attached hydrogens (tertiary/aromatic N) is 2. The Hall–Kier alpha value is -1.97. The first-order chi connectivity index (χ1) is 8.60. The normalized spacial score (nSPS) is 10.7. The number of benzene rings is 1. The summed E-state index contributed by atoms with van der Waals surface area (Å²) in [6.45, 7) is 5.97. The highest BCUT2D eigenvalue weighted by Crippen LogP contribution is 2.20. The Labute approximate surface area is 107 Å². The zero-order valence-electron chi connectivity index (χ0n) is 11.2. The number of hydrogen-bond donors (Lipinski definition) is 0. The van der Waals surface area contributed by atoms with Gasteiger partial charge in [0.05, 0.1) is 18.9 Å². The molecule has 0 amide bonds. The summed E-state index contributed by atoms with van der Waals surface area (Å²) >= 11 is 0. The van der Waals surface area contributed by atoms with Crippen LogP contribution in [0.1, 0.15) is 19.5 Å². The molecule has 2 aromatic rings. The maximum Gasteiger partial charge on any atom is 0.233 e. The third-order valence-corrected chi connectivity index (χ3v) is 2.52. The maximum atomic E-state index is 5.59. The summed E-state index contributed by atoms with van der Waals surface area (Å²) in [6, 6.07) is 9.71. The number of hydrogen-bond acceptors (Lipinski definition) is 3. The van der Waals surface area contributed by atoms with Crippen molar-refractivity contribution < 1.29 is 9.47 Å². The molecule has 0 radical (unpaired) electrons. The Balaban J connectivity index is 2.34. The van der Waals surface area contributed by atoms with E-state index in [4.69, 9.17) is 9.47 Å². The molecule has 0 unspecified atom stereocenters. The number of aryl methyl sites for hydroxylation is 1. The number of ether oxygens (including phenoxy) is 2. The second-order valence-electron chi connectivity index (χ2n) is 4.40. The van der Waals surface area contributed by atoms with Gasteiger partial charge in [0.25, 0.3) is 0 Å². The van der Waals surface area contributed by atoms with Gasteiger partial charge in [-0.2, -0.15) is 0 Å². The van der Waals surface area contributed by atoms with Gasteiger partial charge in [-0.3, -0.25) is 0 Å². The van der Waals surface area contributed by atoms with Crippen LogP contribution in [-0.4, -0.2) is 23.0 Å². The van der Waals surface area contributed by atoms with Gasteiger partial charge < -0.3 is 9.47 Å². The minimum Gasteiger partial charge on any atom is -0.497 e. The Morgan fingerprint density at radius 2 is 2.00 bits per heavy atom. The lowest BCUT2D eigenvalue weighted by atomic mass is 10.3. The largest absolute Gasteiger partial charge is 0.497 e. The van der Waals surface area contributed by atoms with E-state index in [0.717, 1.165) is 17.1 Å². The SMILES string of the molecule is COc1cccc(-n2nc(OC(C)C)cc2C)c1. The molecule has 0 aliphatic carbocycles. The third-order valence-electron chi connectivity index (χ3n) is 2.52. The van der Waals surface area contributed by atoms with Crippen LogP contribution in [0.15, 0.2) is 30.3 Å². The number of rotatable bonds is 4. The Morgan fingerprint density at radius 3 is 2.67 bits per heavy atom. The van der Waals surface area contributed by atoms with Gasteiger partial charge in [-0.05, 0) is 32.9 Å². The van der Waals surface area contributed by atoms with Crippen LogP contribution in [0.3, 0.4) is 0 Å². The molecule has 0 fully saturated rings. The molecule has 0 N–H and O–H groups in total. The molecule has 0 aliphatic rings. The van der Waals surface area contributed by atoms with Crippen LogP contribution in [-0.2, 0) is 0 Å². The molecule has 1 aromatic carbocycles. The van der Waals surface area contributed by atoms with E-state index >= 15 is 0 Å². The maximum absolute atomic E-state index is 5.59. The molecule has 0 atom stereocenters. The summed E-state index contributed by atoms with van der Waals surface area (Å²) in [5, 5.41) is 4.43. The van der Waals surface area contributed by atoms with Gasteiger partial charge in [0.1, 0.15) is 5.75 Å². The fourth-order valence-electron chi connectivity index (χ4n) is 1.75. The van der Waals surface area contributed by atoms with Crippen LogP contribution < -0.4 is 9.47 Å². The second-order valence-corrected chi connectivity index (χ2v) is 4.40. The van der Waals surface area contributed by atoms with Gasteiger partial charge in [0.15, 0.2) is 0 Å².